The van der Waals surface area contributed by atoms with Crippen LogP contribution in [-0.4, -0.2) is 32.8 Å². The van der Waals surface area contributed by atoms with Gasteiger partial charge < -0.3 is 0 Å². The lowest BCUT2D eigenvalue weighted by Crippen LogP contribution is -2.63. The molecule has 0 radical (unpaired) electrons. The highest BCUT2D eigenvalue weighted by atomic mass is 28.3. The van der Waals surface area contributed by atoms with E-state index in [0.29, 0.717) is 23.3 Å². The maximum Gasteiger partial charge on any atom is 0.416 e. The van der Waals surface area contributed by atoms with E-state index in [1.165, 1.54) is 17.7 Å². The largest absolute Gasteiger partial charge is 0.416 e. The summed E-state index contributed by atoms with van der Waals surface area (Å²) in [5, 5.41) is 6.86. The van der Waals surface area contributed by atoms with Crippen molar-refractivity contribution in [2.24, 2.45) is 17.8 Å². The molecule has 4 atom stereocenters. The highest BCUT2D eigenvalue weighted by molar-refractivity contribution is 6.76. The van der Waals surface area contributed by atoms with E-state index >= 15 is 0 Å². The van der Waals surface area contributed by atoms with Gasteiger partial charge in [0.05, 0.1) is 5.56 Å². The molecule has 4 unspecified atom stereocenters. The quantitative estimate of drug-likeness (QED) is 0.682. The molecule has 3 aliphatic rings. The van der Waals surface area contributed by atoms with E-state index < -0.39 is 20.0 Å². The Morgan fingerprint density at radius 3 is 2.34 bits per heavy atom. The minimum atomic E-state index is -4.29. The summed E-state index contributed by atoms with van der Waals surface area (Å²) >= 11 is 0. The fourth-order valence-electron chi connectivity index (χ4n) is 5.81. The fourth-order valence-corrected chi connectivity index (χ4v) is 10.1. The van der Waals surface area contributed by atoms with Gasteiger partial charge in [-0.15, -0.1) is 0 Å². The lowest BCUT2D eigenvalue weighted by atomic mass is 9.81. The Morgan fingerprint density at radius 1 is 1.07 bits per heavy atom. The molecule has 3 nitrogen and oxygen atoms in total. The summed E-state index contributed by atoms with van der Waals surface area (Å²) in [5.41, 5.74) is 2.15. The zero-order valence-electron chi connectivity index (χ0n) is 17.3. The van der Waals surface area contributed by atoms with E-state index in [4.69, 9.17) is 0 Å². The molecule has 0 bridgehead atoms. The zero-order chi connectivity index (χ0) is 20.8. The number of allylic oxidation sites excluding steroid dienone is 4. The van der Waals surface area contributed by atoms with Crippen LogP contribution >= 0.6 is 0 Å². The normalized spacial score (nSPS) is 30.9. The second-order valence-corrected chi connectivity index (χ2v) is 13.8. The van der Waals surface area contributed by atoms with Crippen LogP contribution < -0.4 is 10.6 Å². The number of rotatable bonds is 3. The minimum absolute atomic E-state index is 0.384. The number of hydrogen-bond acceptors (Lipinski definition) is 3. The predicted octanol–water partition coefficient (Wildman–Crippen LogP) is 4.87. The standard InChI is InChI=1S/C22H30F3N3Si/c1-15-11-20-18(16-7-9-17(10-8-16)22(23,24)25)5-4-6-19(20)21(15)29(2,3)28-13-26-12-27-14-28/h4-10,15,19-21,26-27H,11-14H2,1-3H3. The number of nitrogens with zero attached hydrogens (tertiary/aromatic N) is 1. The summed E-state index contributed by atoms with van der Waals surface area (Å²) in [6, 6.07) is 5.71. The molecule has 1 saturated heterocycles. The molecule has 29 heavy (non-hydrogen) atoms. The van der Waals surface area contributed by atoms with Crippen LogP contribution in [0.1, 0.15) is 24.5 Å². The van der Waals surface area contributed by atoms with Gasteiger partial charge in [-0.2, -0.15) is 13.2 Å². The van der Waals surface area contributed by atoms with Gasteiger partial charge in [-0.1, -0.05) is 50.4 Å². The van der Waals surface area contributed by atoms with Crippen molar-refractivity contribution in [3.8, 4) is 0 Å². The first kappa shape index (κ1) is 20.8. The van der Waals surface area contributed by atoms with Gasteiger partial charge in [0, 0.05) is 20.0 Å². The van der Waals surface area contributed by atoms with E-state index in [1.54, 1.807) is 12.1 Å². The maximum atomic E-state index is 13.0. The molecule has 1 saturated carbocycles. The molecule has 2 fully saturated rings. The van der Waals surface area contributed by atoms with Crippen LogP contribution in [0.2, 0.25) is 18.6 Å². The van der Waals surface area contributed by atoms with Gasteiger partial charge in [-0.3, -0.25) is 15.2 Å². The number of nitrogens with one attached hydrogen (secondary N) is 2. The molecule has 1 aromatic rings. The summed E-state index contributed by atoms with van der Waals surface area (Å²) < 4.78 is 41.5. The molecule has 1 aromatic carbocycles. The fraction of sp³-hybridized carbons (Fsp3) is 0.545. The molecule has 2 aliphatic carbocycles. The molecule has 4 rings (SSSR count). The smallest absolute Gasteiger partial charge is 0.299 e. The van der Waals surface area contributed by atoms with E-state index in [1.807, 2.05) is 0 Å². The van der Waals surface area contributed by atoms with Crippen molar-refractivity contribution in [1.82, 2.24) is 15.2 Å². The molecule has 1 heterocycles. The summed E-state index contributed by atoms with van der Waals surface area (Å²) in [5.74, 6) is 1.43. The van der Waals surface area contributed by atoms with Gasteiger partial charge in [0.15, 0.2) is 0 Å². The zero-order valence-corrected chi connectivity index (χ0v) is 18.3. The molecule has 1 aliphatic heterocycles. The van der Waals surface area contributed by atoms with Gasteiger partial charge in [0.2, 0.25) is 0 Å². The first-order chi connectivity index (χ1) is 13.7. The number of benzene rings is 1. The van der Waals surface area contributed by atoms with Crippen LogP contribution in [0.5, 0.6) is 0 Å². The lowest BCUT2D eigenvalue weighted by Gasteiger charge is -2.47. The second kappa shape index (κ2) is 7.69. The Labute approximate surface area is 172 Å². The summed E-state index contributed by atoms with van der Waals surface area (Å²) in [7, 11) is -1.72. The third-order valence-electron chi connectivity index (χ3n) is 7.16. The van der Waals surface area contributed by atoms with Crippen molar-refractivity contribution in [2.45, 2.75) is 38.2 Å². The van der Waals surface area contributed by atoms with Gasteiger partial charge in [0.25, 0.3) is 0 Å². The van der Waals surface area contributed by atoms with Gasteiger partial charge >= 0.3 is 6.18 Å². The van der Waals surface area contributed by atoms with Crippen molar-refractivity contribution >= 4 is 13.8 Å². The second-order valence-electron chi connectivity index (χ2n) is 9.19. The number of halogens is 3. The van der Waals surface area contributed by atoms with Crippen molar-refractivity contribution < 1.29 is 13.2 Å². The molecule has 0 aromatic heterocycles. The van der Waals surface area contributed by atoms with E-state index in [-0.39, 0.29) is 0 Å². The highest BCUT2D eigenvalue weighted by Gasteiger charge is 2.52. The van der Waals surface area contributed by atoms with Crippen LogP contribution in [0.3, 0.4) is 0 Å². The first-order valence-corrected chi connectivity index (χ1v) is 13.4. The van der Waals surface area contributed by atoms with Crippen LogP contribution in [0.25, 0.3) is 5.57 Å². The molecule has 0 spiro atoms. The molecular weight excluding hydrogens is 391 g/mol. The monoisotopic (exact) mass is 421 g/mol. The Bertz CT molecular complexity index is 795. The third-order valence-corrected chi connectivity index (χ3v) is 11.7. The number of hydrogen-bond donors (Lipinski definition) is 2. The van der Waals surface area contributed by atoms with Crippen LogP contribution in [0.4, 0.5) is 13.2 Å². The Hall–Kier alpha value is -1.41. The maximum absolute atomic E-state index is 13.0. The Morgan fingerprint density at radius 2 is 1.72 bits per heavy atom. The number of fused-ring (bicyclic) bond motifs is 1. The predicted molar refractivity (Wildman–Crippen MR) is 113 cm³/mol. The van der Waals surface area contributed by atoms with Crippen molar-refractivity contribution in [3.05, 3.63) is 53.6 Å². The molecule has 7 heteroatoms. The lowest BCUT2D eigenvalue weighted by molar-refractivity contribution is -0.137. The SMILES string of the molecule is CC1CC2C(c3ccc(C(F)(F)F)cc3)=CC=CC2C1[Si](C)(C)N1CNCNC1. The van der Waals surface area contributed by atoms with Crippen molar-refractivity contribution in [1.29, 1.82) is 0 Å². The molecule has 158 valence electrons. The third kappa shape index (κ3) is 3.85. The number of alkyl halides is 3. The van der Waals surface area contributed by atoms with Crippen LogP contribution in [0.15, 0.2) is 42.5 Å². The van der Waals surface area contributed by atoms with Gasteiger partial charge in [-0.05, 0) is 53.0 Å². The Kier molecular flexibility index (Phi) is 5.52. The van der Waals surface area contributed by atoms with Gasteiger partial charge in [0.1, 0.15) is 8.24 Å². The Balaban J connectivity index is 1.59. The van der Waals surface area contributed by atoms with Crippen LogP contribution in [-0.2, 0) is 6.18 Å². The summed E-state index contributed by atoms with van der Waals surface area (Å²) in [4.78, 5) is 0. The molecule has 2 N–H and O–H groups in total. The van der Waals surface area contributed by atoms with E-state index in [0.717, 1.165) is 32.0 Å². The van der Waals surface area contributed by atoms with E-state index in [9.17, 15) is 13.2 Å². The molecule has 0 amide bonds. The van der Waals surface area contributed by atoms with Crippen molar-refractivity contribution in [2.75, 3.05) is 20.0 Å². The highest BCUT2D eigenvalue weighted by Crippen LogP contribution is 2.57. The van der Waals surface area contributed by atoms with Gasteiger partial charge in [-0.25, -0.2) is 0 Å². The average Bonchev–Trinajstić information content (AvgIpc) is 3.04. The topological polar surface area (TPSA) is 27.3 Å². The van der Waals surface area contributed by atoms with Crippen molar-refractivity contribution in [3.63, 3.8) is 0 Å². The molecular formula is C22H30F3N3Si. The van der Waals surface area contributed by atoms with E-state index in [2.05, 4.69) is 53.4 Å². The summed E-state index contributed by atoms with van der Waals surface area (Å²) in [6.45, 7) is 10.0. The first-order valence-electron chi connectivity index (χ1n) is 10.4. The van der Waals surface area contributed by atoms with Crippen LogP contribution in [0, 0.1) is 17.8 Å². The summed E-state index contributed by atoms with van der Waals surface area (Å²) in [6.07, 6.45) is 3.39. The average molecular weight is 422 g/mol. The minimum Gasteiger partial charge on any atom is -0.299 e.